The summed E-state index contributed by atoms with van der Waals surface area (Å²) in [5.41, 5.74) is 0.971. The van der Waals surface area contributed by atoms with Gasteiger partial charge in [0.2, 0.25) is 5.91 Å². The van der Waals surface area contributed by atoms with Crippen molar-refractivity contribution in [2.45, 2.75) is 33.1 Å². The molecule has 0 aromatic heterocycles. The summed E-state index contributed by atoms with van der Waals surface area (Å²) in [5.74, 6) is -0.0772. The summed E-state index contributed by atoms with van der Waals surface area (Å²) >= 11 is 0. The zero-order valence-corrected chi connectivity index (χ0v) is 16.0. The van der Waals surface area contributed by atoms with Gasteiger partial charge in [0.15, 0.2) is 0 Å². The molecule has 1 unspecified atom stereocenters. The van der Waals surface area contributed by atoms with Crippen molar-refractivity contribution in [3.05, 3.63) is 35.4 Å². The van der Waals surface area contributed by atoms with Crippen molar-refractivity contribution >= 4 is 17.7 Å². The SMILES string of the molecule is CCCCC(C)C(=O)N1CCN(C(=O)c2cccc(C(=O)NC)c2)CC1. The number of nitrogens with one attached hydrogen (secondary N) is 1. The molecule has 1 aliphatic heterocycles. The van der Waals surface area contributed by atoms with E-state index in [-0.39, 0.29) is 23.6 Å². The molecule has 0 saturated carbocycles. The molecule has 142 valence electrons. The Morgan fingerprint density at radius 1 is 1.08 bits per heavy atom. The van der Waals surface area contributed by atoms with E-state index in [1.807, 2.05) is 11.8 Å². The lowest BCUT2D eigenvalue weighted by Gasteiger charge is -2.36. The molecule has 1 atom stereocenters. The molecule has 2 rings (SSSR count). The molecule has 1 saturated heterocycles. The van der Waals surface area contributed by atoms with E-state index in [1.165, 1.54) is 0 Å². The van der Waals surface area contributed by atoms with Crippen molar-refractivity contribution in [3.63, 3.8) is 0 Å². The average Bonchev–Trinajstić information content (AvgIpc) is 2.70. The van der Waals surface area contributed by atoms with Gasteiger partial charge in [-0.25, -0.2) is 0 Å². The van der Waals surface area contributed by atoms with Gasteiger partial charge >= 0.3 is 0 Å². The van der Waals surface area contributed by atoms with E-state index in [4.69, 9.17) is 0 Å². The molecular formula is C20H29N3O3. The van der Waals surface area contributed by atoms with Crippen LogP contribution in [0.2, 0.25) is 0 Å². The van der Waals surface area contributed by atoms with E-state index in [1.54, 1.807) is 36.2 Å². The lowest BCUT2D eigenvalue weighted by atomic mass is 10.0. The van der Waals surface area contributed by atoms with E-state index in [9.17, 15) is 14.4 Å². The maximum Gasteiger partial charge on any atom is 0.253 e. The van der Waals surface area contributed by atoms with Crippen molar-refractivity contribution in [2.24, 2.45) is 5.92 Å². The molecule has 0 bridgehead atoms. The first-order valence-corrected chi connectivity index (χ1v) is 9.38. The van der Waals surface area contributed by atoms with Gasteiger partial charge in [-0.15, -0.1) is 0 Å². The molecule has 0 spiro atoms. The van der Waals surface area contributed by atoms with Crippen LogP contribution in [0.3, 0.4) is 0 Å². The summed E-state index contributed by atoms with van der Waals surface area (Å²) in [5, 5.41) is 2.56. The van der Waals surface area contributed by atoms with Gasteiger partial charge in [0.25, 0.3) is 11.8 Å². The largest absolute Gasteiger partial charge is 0.355 e. The fraction of sp³-hybridized carbons (Fsp3) is 0.550. The predicted octanol–water partition coefficient (Wildman–Crippen LogP) is 2.16. The van der Waals surface area contributed by atoms with Crippen molar-refractivity contribution in [3.8, 4) is 0 Å². The number of hydrogen-bond acceptors (Lipinski definition) is 3. The number of carbonyl (C=O) groups is 3. The molecular weight excluding hydrogens is 330 g/mol. The second kappa shape index (κ2) is 9.36. The van der Waals surface area contributed by atoms with Gasteiger partial charge in [-0.1, -0.05) is 32.8 Å². The van der Waals surface area contributed by atoms with Crippen LogP contribution in [0, 0.1) is 5.92 Å². The maximum atomic E-state index is 12.7. The predicted molar refractivity (Wildman–Crippen MR) is 101 cm³/mol. The number of carbonyl (C=O) groups excluding carboxylic acids is 3. The summed E-state index contributed by atoms with van der Waals surface area (Å²) in [6, 6.07) is 6.74. The topological polar surface area (TPSA) is 69.7 Å². The molecule has 1 fully saturated rings. The molecule has 1 aliphatic rings. The Balaban J connectivity index is 1.94. The third-order valence-corrected chi connectivity index (χ3v) is 4.89. The Bertz CT molecular complexity index is 651. The van der Waals surface area contributed by atoms with Crippen molar-refractivity contribution in [2.75, 3.05) is 33.2 Å². The van der Waals surface area contributed by atoms with Crippen LogP contribution in [-0.2, 0) is 4.79 Å². The van der Waals surface area contributed by atoms with Crippen LogP contribution in [0.4, 0.5) is 0 Å². The number of nitrogens with zero attached hydrogens (tertiary/aromatic N) is 2. The number of piperazine rings is 1. The zero-order chi connectivity index (χ0) is 19.1. The highest BCUT2D eigenvalue weighted by Gasteiger charge is 2.27. The monoisotopic (exact) mass is 359 g/mol. The van der Waals surface area contributed by atoms with Gasteiger partial charge in [-0.3, -0.25) is 14.4 Å². The molecule has 1 aromatic rings. The minimum absolute atomic E-state index is 0.0430. The van der Waals surface area contributed by atoms with Crippen LogP contribution >= 0.6 is 0 Å². The molecule has 1 heterocycles. The van der Waals surface area contributed by atoms with E-state index >= 15 is 0 Å². The van der Waals surface area contributed by atoms with E-state index < -0.39 is 0 Å². The highest BCUT2D eigenvalue weighted by atomic mass is 16.2. The quantitative estimate of drug-likeness (QED) is 0.846. The first-order chi connectivity index (χ1) is 12.5. The van der Waals surface area contributed by atoms with Crippen LogP contribution in [0.1, 0.15) is 53.8 Å². The van der Waals surface area contributed by atoms with Crippen molar-refractivity contribution < 1.29 is 14.4 Å². The minimum atomic E-state index is -0.212. The van der Waals surface area contributed by atoms with Gasteiger partial charge < -0.3 is 15.1 Å². The van der Waals surface area contributed by atoms with Crippen LogP contribution in [0.25, 0.3) is 0 Å². The van der Waals surface area contributed by atoms with Crippen LogP contribution in [0.5, 0.6) is 0 Å². The molecule has 6 nitrogen and oxygen atoms in total. The second-order valence-electron chi connectivity index (χ2n) is 6.82. The number of hydrogen-bond donors (Lipinski definition) is 1. The summed E-state index contributed by atoms with van der Waals surface area (Å²) in [4.78, 5) is 40.5. The molecule has 1 aromatic carbocycles. The summed E-state index contributed by atoms with van der Waals surface area (Å²) < 4.78 is 0. The molecule has 6 heteroatoms. The molecule has 3 amide bonds. The van der Waals surface area contributed by atoms with Gasteiger partial charge in [0, 0.05) is 50.3 Å². The summed E-state index contributed by atoms with van der Waals surface area (Å²) in [6.45, 7) is 6.29. The smallest absolute Gasteiger partial charge is 0.253 e. The van der Waals surface area contributed by atoms with E-state index in [0.717, 1.165) is 19.3 Å². The summed E-state index contributed by atoms with van der Waals surface area (Å²) in [6.07, 6.45) is 3.07. The first-order valence-electron chi connectivity index (χ1n) is 9.38. The van der Waals surface area contributed by atoms with Crippen LogP contribution < -0.4 is 5.32 Å². The normalized spacial score (nSPS) is 15.5. The molecule has 26 heavy (non-hydrogen) atoms. The first kappa shape index (κ1) is 19.9. The van der Waals surface area contributed by atoms with Crippen molar-refractivity contribution in [1.29, 1.82) is 0 Å². The lowest BCUT2D eigenvalue weighted by Crippen LogP contribution is -2.51. The third kappa shape index (κ3) is 4.84. The lowest BCUT2D eigenvalue weighted by molar-refractivity contribution is -0.136. The second-order valence-corrected chi connectivity index (χ2v) is 6.82. The standard InChI is InChI=1S/C20H29N3O3/c1-4-5-7-15(2)19(25)22-10-12-23(13-11-22)20(26)17-9-6-8-16(14-17)18(24)21-3/h6,8-9,14-15H,4-5,7,10-13H2,1-3H3,(H,21,24). The van der Waals surface area contributed by atoms with Gasteiger partial charge in [0.05, 0.1) is 0 Å². The number of amides is 3. The Morgan fingerprint density at radius 2 is 1.69 bits per heavy atom. The highest BCUT2D eigenvalue weighted by molar-refractivity contribution is 5.99. The average molecular weight is 359 g/mol. The van der Waals surface area contributed by atoms with Gasteiger partial charge in [-0.05, 0) is 24.6 Å². The Hall–Kier alpha value is -2.37. The van der Waals surface area contributed by atoms with E-state index in [0.29, 0.717) is 37.3 Å². The Labute approximate surface area is 155 Å². The number of rotatable bonds is 6. The van der Waals surface area contributed by atoms with Crippen molar-refractivity contribution in [1.82, 2.24) is 15.1 Å². The highest BCUT2D eigenvalue weighted by Crippen LogP contribution is 2.15. The molecule has 0 aliphatic carbocycles. The van der Waals surface area contributed by atoms with Gasteiger partial charge in [-0.2, -0.15) is 0 Å². The van der Waals surface area contributed by atoms with Crippen LogP contribution in [-0.4, -0.2) is 60.7 Å². The van der Waals surface area contributed by atoms with Crippen LogP contribution in [0.15, 0.2) is 24.3 Å². The molecule has 0 radical (unpaired) electrons. The fourth-order valence-corrected chi connectivity index (χ4v) is 3.20. The third-order valence-electron chi connectivity index (χ3n) is 4.89. The van der Waals surface area contributed by atoms with Gasteiger partial charge in [0.1, 0.15) is 0 Å². The van der Waals surface area contributed by atoms with E-state index in [2.05, 4.69) is 12.2 Å². The Morgan fingerprint density at radius 3 is 2.31 bits per heavy atom. The maximum absolute atomic E-state index is 12.7. The molecule has 1 N–H and O–H groups in total. The zero-order valence-electron chi connectivity index (χ0n) is 16.0. The number of benzene rings is 1. The Kier molecular flexibility index (Phi) is 7.18. The summed E-state index contributed by atoms with van der Waals surface area (Å²) in [7, 11) is 1.56. The number of unbranched alkanes of at least 4 members (excludes halogenated alkanes) is 1. The fourth-order valence-electron chi connectivity index (χ4n) is 3.20. The minimum Gasteiger partial charge on any atom is -0.355 e.